The van der Waals surface area contributed by atoms with Crippen LogP contribution in [0.3, 0.4) is 0 Å². The van der Waals surface area contributed by atoms with Gasteiger partial charge in [-0.1, -0.05) is 54.5 Å². The van der Waals surface area contributed by atoms with Crippen LogP contribution in [0.15, 0.2) is 72.8 Å². The van der Waals surface area contributed by atoms with Crippen LogP contribution in [0, 0.1) is 11.8 Å². The average molecular weight is 527 g/mol. The molecule has 2 amide bonds. The van der Waals surface area contributed by atoms with Gasteiger partial charge in [0.1, 0.15) is 0 Å². The molecule has 2 aliphatic heterocycles. The van der Waals surface area contributed by atoms with Crippen molar-refractivity contribution in [2.24, 2.45) is 0 Å². The van der Waals surface area contributed by atoms with Gasteiger partial charge in [-0.3, -0.25) is 14.5 Å². The van der Waals surface area contributed by atoms with Crippen LogP contribution in [0.4, 0.5) is 20.2 Å². The van der Waals surface area contributed by atoms with Crippen molar-refractivity contribution in [3.8, 4) is 11.8 Å². The van der Waals surface area contributed by atoms with E-state index in [9.17, 15) is 18.4 Å². The highest BCUT2D eigenvalue weighted by Crippen LogP contribution is 2.38. The fourth-order valence-corrected chi connectivity index (χ4v) is 4.76. The summed E-state index contributed by atoms with van der Waals surface area (Å²) in [5, 5.41) is 8.41. The van der Waals surface area contributed by atoms with E-state index in [0.717, 1.165) is 30.9 Å². The number of carbonyl (C=O) groups is 2. The van der Waals surface area contributed by atoms with E-state index in [0.29, 0.717) is 28.1 Å². The number of nitrogens with zero attached hydrogens (tertiary/aromatic N) is 1. The first-order chi connectivity index (χ1) is 19.0. The van der Waals surface area contributed by atoms with E-state index in [2.05, 4.69) is 39.5 Å². The fraction of sp³-hybridized carbons (Fsp3) is 0.226. The summed E-state index contributed by atoms with van der Waals surface area (Å²) in [6.07, 6.45) is -0.138. The first-order valence-corrected chi connectivity index (χ1v) is 12.9. The molecule has 6 nitrogen and oxygen atoms in total. The second-order valence-electron chi connectivity index (χ2n) is 9.49. The van der Waals surface area contributed by atoms with Crippen molar-refractivity contribution < 1.29 is 18.4 Å². The van der Waals surface area contributed by atoms with E-state index in [1.54, 1.807) is 18.2 Å². The Morgan fingerprint density at radius 2 is 1.74 bits per heavy atom. The monoisotopic (exact) mass is 526 g/mol. The lowest BCUT2D eigenvalue weighted by atomic mass is 9.99. The van der Waals surface area contributed by atoms with Gasteiger partial charge in [-0.25, -0.2) is 8.78 Å². The summed E-state index contributed by atoms with van der Waals surface area (Å²) < 4.78 is 24.6. The summed E-state index contributed by atoms with van der Waals surface area (Å²) in [5.41, 5.74) is 5.87. The van der Waals surface area contributed by atoms with E-state index >= 15 is 0 Å². The average Bonchev–Trinajstić information content (AvgIpc) is 3.57. The molecule has 0 unspecified atom stereocenters. The van der Waals surface area contributed by atoms with E-state index in [-0.39, 0.29) is 5.91 Å². The molecule has 8 heteroatoms. The van der Waals surface area contributed by atoms with Crippen LogP contribution in [0.2, 0.25) is 0 Å². The molecule has 1 fully saturated rings. The van der Waals surface area contributed by atoms with E-state index < -0.39 is 18.9 Å². The number of hydrogen-bond acceptors (Lipinski definition) is 4. The van der Waals surface area contributed by atoms with Crippen LogP contribution in [-0.2, 0) is 16.1 Å². The first kappa shape index (κ1) is 26.1. The van der Waals surface area contributed by atoms with Gasteiger partial charge in [-0.15, -0.1) is 0 Å². The van der Waals surface area contributed by atoms with Crippen molar-refractivity contribution in [1.29, 1.82) is 0 Å². The third kappa shape index (κ3) is 6.51. The number of nitrogens with one attached hydrogen (secondary N) is 3. The molecule has 2 aliphatic rings. The Morgan fingerprint density at radius 3 is 2.46 bits per heavy atom. The topological polar surface area (TPSA) is 73.5 Å². The van der Waals surface area contributed by atoms with E-state index in [4.69, 9.17) is 0 Å². The van der Waals surface area contributed by atoms with Crippen molar-refractivity contribution in [3.05, 3.63) is 95.1 Å². The minimum atomic E-state index is -2.64. The Morgan fingerprint density at radius 1 is 1.00 bits per heavy atom. The molecule has 2 heterocycles. The SMILES string of the molecule is O=C(C#Cc1ccc2c(c1)NC(=O)C2=C(Nc1ccc(CN2CCCC2)cc1)c1ccccc1)NCC(F)F. The highest BCUT2D eigenvalue weighted by molar-refractivity contribution is 6.37. The molecule has 0 bridgehead atoms. The minimum absolute atomic E-state index is 0.262. The van der Waals surface area contributed by atoms with E-state index in [1.165, 1.54) is 18.4 Å². The number of halogens is 2. The predicted molar refractivity (Wildman–Crippen MR) is 149 cm³/mol. The maximum Gasteiger partial charge on any atom is 0.296 e. The second kappa shape index (κ2) is 11.9. The van der Waals surface area contributed by atoms with Gasteiger partial charge < -0.3 is 16.0 Å². The van der Waals surface area contributed by atoms with Crippen LogP contribution >= 0.6 is 0 Å². The molecule has 0 aliphatic carbocycles. The lowest BCUT2D eigenvalue weighted by Gasteiger charge is -2.17. The van der Waals surface area contributed by atoms with Crippen molar-refractivity contribution in [3.63, 3.8) is 0 Å². The minimum Gasteiger partial charge on any atom is -0.354 e. The molecule has 3 N–H and O–H groups in total. The molecule has 1 saturated heterocycles. The highest BCUT2D eigenvalue weighted by Gasteiger charge is 2.28. The Hall–Kier alpha value is -4.48. The van der Waals surface area contributed by atoms with Gasteiger partial charge in [0, 0.05) is 29.3 Å². The zero-order valence-corrected chi connectivity index (χ0v) is 21.3. The normalized spacial score (nSPS) is 15.8. The molecule has 0 spiro atoms. The van der Waals surface area contributed by atoms with Gasteiger partial charge in [-0.2, -0.15) is 0 Å². The molecule has 0 saturated carbocycles. The molecule has 198 valence electrons. The number of rotatable bonds is 7. The van der Waals surface area contributed by atoms with Crippen LogP contribution in [0.25, 0.3) is 11.3 Å². The lowest BCUT2D eigenvalue weighted by Crippen LogP contribution is -2.26. The summed E-state index contributed by atoms with van der Waals surface area (Å²) in [6.45, 7) is 2.45. The number of hydrogen-bond donors (Lipinski definition) is 3. The molecule has 3 aromatic rings. The lowest BCUT2D eigenvalue weighted by molar-refractivity contribution is -0.116. The zero-order valence-electron chi connectivity index (χ0n) is 21.3. The number of anilines is 2. The molecule has 39 heavy (non-hydrogen) atoms. The molecule has 5 rings (SSSR count). The Kier molecular flexibility index (Phi) is 7.99. The van der Waals surface area contributed by atoms with Gasteiger partial charge >= 0.3 is 0 Å². The molecule has 0 atom stereocenters. The van der Waals surface area contributed by atoms with Gasteiger partial charge in [0.2, 0.25) is 0 Å². The number of alkyl halides is 2. The maximum atomic E-state index is 13.2. The van der Waals surface area contributed by atoms with Gasteiger partial charge in [0.25, 0.3) is 18.2 Å². The van der Waals surface area contributed by atoms with Crippen LogP contribution < -0.4 is 16.0 Å². The number of amides is 2. The van der Waals surface area contributed by atoms with Crippen LogP contribution in [0.1, 0.15) is 35.1 Å². The highest BCUT2D eigenvalue weighted by atomic mass is 19.3. The van der Waals surface area contributed by atoms with Crippen molar-refractivity contribution in [2.75, 3.05) is 30.3 Å². The summed E-state index contributed by atoms with van der Waals surface area (Å²) in [4.78, 5) is 27.4. The zero-order chi connectivity index (χ0) is 27.2. The van der Waals surface area contributed by atoms with Crippen molar-refractivity contribution in [1.82, 2.24) is 10.2 Å². The first-order valence-electron chi connectivity index (χ1n) is 12.9. The summed E-state index contributed by atoms with van der Waals surface area (Å²) in [5.74, 6) is 3.92. The standard InChI is InChI=1S/C31H28F2N4O2/c32-27(33)19-34-28(38)15-11-21-10-14-25-26(18-21)36-31(39)29(25)30(23-6-2-1-3-7-23)35-24-12-8-22(9-13-24)20-37-16-4-5-17-37/h1-3,6-10,12-14,18,27,35H,4-5,16-17,19-20H2,(H,34,38)(H,36,39). The van der Waals surface area contributed by atoms with Crippen molar-refractivity contribution in [2.45, 2.75) is 25.8 Å². The molecular weight excluding hydrogens is 498 g/mol. The summed E-state index contributed by atoms with van der Waals surface area (Å²) in [6, 6.07) is 23.1. The third-order valence-corrected chi connectivity index (χ3v) is 6.64. The fourth-order valence-electron chi connectivity index (χ4n) is 4.76. The number of fused-ring (bicyclic) bond motifs is 1. The molecule has 0 radical (unpaired) electrons. The quantitative estimate of drug-likeness (QED) is 0.301. The molecule has 0 aromatic heterocycles. The number of carbonyl (C=O) groups excluding carboxylic acids is 2. The smallest absolute Gasteiger partial charge is 0.296 e. The second-order valence-corrected chi connectivity index (χ2v) is 9.49. The van der Waals surface area contributed by atoms with Gasteiger partial charge in [0.15, 0.2) is 0 Å². The van der Waals surface area contributed by atoms with Crippen LogP contribution in [-0.4, -0.2) is 42.8 Å². The van der Waals surface area contributed by atoms with Gasteiger partial charge in [-0.05, 0) is 61.3 Å². The molecule has 3 aromatic carbocycles. The Labute approximate surface area is 226 Å². The molecular formula is C31H28F2N4O2. The summed E-state index contributed by atoms with van der Waals surface area (Å²) >= 11 is 0. The number of benzene rings is 3. The van der Waals surface area contributed by atoms with Crippen molar-refractivity contribution >= 4 is 34.5 Å². The predicted octanol–water partition coefficient (Wildman–Crippen LogP) is 4.95. The van der Waals surface area contributed by atoms with E-state index in [1.807, 2.05) is 47.8 Å². The maximum absolute atomic E-state index is 13.2. The third-order valence-electron chi connectivity index (χ3n) is 6.64. The largest absolute Gasteiger partial charge is 0.354 e. The number of likely N-dealkylation sites (tertiary alicyclic amines) is 1. The van der Waals surface area contributed by atoms with Crippen LogP contribution in [0.5, 0.6) is 0 Å². The Bertz CT molecular complexity index is 1450. The van der Waals surface area contributed by atoms with Gasteiger partial charge in [0.05, 0.1) is 23.5 Å². The Balaban J connectivity index is 1.43. The summed E-state index contributed by atoms with van der Waals surface area (Å²) in [7, 11) is 0.